The van der Waals surface area contributed by atoms with Gasteiger partial charge in [0.05, 0.1) is 23.5 Å². The number of nitrogen functional groups attached to an aromatic ring is 1. The summed E-state index contributed by atoms with van der Waals surface area (Å²) in [6.45, 7) is 2.08. The number of aliphatic carboxylic acids is 1. The van der Waals surface area contributed by atoms with E-state index in [9.17, 15) is 49.2 Å². The Morgan fingerprint density at radius 2 is 1.93 bits per heavy atom. The number of carboxylic acids is 1. The number of nitrogens with zero attached hydrogens (tertiary/aromatic N) is 6. The monoisotopic (exact) mass is 860 g/mol. The van der Waals surface area contributed by atoms with Crippen LogP contribution in [0.15, 0.2) is 68.1 Å². The van der Waals surface area contributed by atoms with E-state index < -0.39 is 76.5 Å². The molecule has 12 N–H and O–H groups in total. The number of nitrogens with one attached hydrogen (secondary N) is 5. The molecule has 1 fully saturated rings. The van der Waals surface area contributed by atoms with Crippen LogP contribution in [0, 0.1) is 0 Å². The Labute approximate surface area is 338 Å². The zero-order valence-electron chi connectivity index (χ0n) is 29.8. The summed E-state index contributed by atoms with van der Waals surface area (Å²) in [4.78, 5) is 91.9. The maximum atomic E-state index is 13.7. The fourth-order valence-electron chi connectivity index (χ4n) is 5.30. The third kappa shape index (κ3) is 8.33. The van der Waals surface area contributed by atoms with Crippen LogP contribution in [0.3, 0.4) is 0 Å². The molecule has 0 saturated carbocycles. The molecule has 0 aliphatic carbocycles. The van der Waals surface area contributed by atoms with Crippen molar-refractivity contribution in [3.63, 3.8) is 0 Å². The number of urea groups is 1. The highest BCUT2D eigenvalue weighted by atomic mass is 32.2. The Bertz CT molecular complexity index is 2260. The average molecular weight is 861 g/mol. The van der Waals surface area contributed by atoms with Gasteiger partial charge >= 0.3 is 12.0 Å². The number of hydrogen-bond acceptors (Lipinski definition) is 20. The number of nitrogens with two attached hydrogens (primary N) is 1. The number of β-lactam (4-membered cyclic amide) rings is 1. The van der Waals surface area contributed by atoms with Gasteiger partial charge in [-0.3, -0.25) is 40.1 Å². The van der Waals surface area contributed by atoms with E-state index in [0.717, 1.165) is 45.1 Å². The SMILES string of the molecule is CC(C)(ON=C(C(=O)N[C@@H]1C(=O)N2C(C(=O)O)=C(CSC3=CC(CO)=NC4=CN(C(=O)NO)NN43)CS[C@H]12)c1csc(N)n1)C(=O)NNC(=O)c1ccc(O)c(O)c1. The number of hydroxylamine groups is 1. The fourth-order valence-corrected chi connectivity index (χ4v) is 8.37. The van der Waals surface area contributed by atoms with Crippen molar-refractivity contribution in [3.8, 4) is 11.5 Å². The third-order valence-corrected chi connectivity index (χ3v) is 11.4. The van der Waals surface area contributed by atoms with Crippen LogP contribution in [0.2, 0.25) is 0 Å². The van der Waals surface area contributed by atoms with Crippen molar-refractivity contribution < 1.29 is 59.2 Å². The highest BCUT2D eigenvalue weighted by molar-refractivity contribution is 8.03. The number of anilines is 1. The Kier molecular flexibility index (Phi) is 11.8. The molecule has 58 heavy (non-hydrogen) atoms. The predicted molar refractivity (Wildman–Crippen MR) is 204 cm³/mol. The van der Waals surface area contributed by atoms with Gasteiger partial charge in [-0.15, -0.1) is 40.4 Å². The van der Waals surface area contributed by atoms with Gasteiger partial charge < -0.3 is 36.3 Å². The minimum absolute atomic E-state index is 0.0389. The van der Waals surface area contributed by atoms with Gasteiger partial charge in [-0.1, -0.05) is 5.16 Å². The first-order valence-electron chi connectivity index (χ1n) is 16.4. The van der Waals surface area contributed by atoms with Crippen molar-refractivity contribution >= 4 is 87.0 Å². The van der Waals surface area contributed by atoms with E-state index >= 15 is 0 Å². The largest absolute Gasteiger partial charge is 0.504 e. The summed E-state index contributed by atoms with van der Waals surface area (Å²) in [6, 6.07) is 1.09. The summed E-state index contributed by atoms with van der Waals surface area (Å²) < 4.78 is 0. The lowest BCUT2D eigenvalue weighted by molar-refractivity contribution is -0.150. The number of aliphatic imine (C=N–C) groups is 1. The number of fused-ring (bicyclic) bond motifs is 2. The Morgan fingerprint density at radius 1 is 1.17 bits per heavy atom. The molecule has 4 aliphatic heterocycles. The first kappa shape index (κ1) is 41.2. The number of rotatable bonds is 12. The molecule has 24 nitrogen and oxygen atoms in total. The summed E-state index contributed by atoms with van der Waals surface area (Å²) in [5.74, 6) is -5.56. The van der Waals surface area contributed by atoms with Gasteiger partial charge in [0.1, 0.15) is 22.8 Å². The van der Waals surface area contributed by atoms with Crippen molar-refractivity contribution in [2.24, 2.45) is 10.1 Å². The van der Waals surface area contributed by atoms with Crippen molar-refractivity contribution in [3.05, 3.63) is 69.2 Å². The zero-order chi connectivity index (χ0) is 42.1. The van der Waals surface area contributed by atoms with Gasteiger partial charge in [-0.25, -0.2) is 35.1 Å². The van der Waals surface area contributed by atoms with E-state index in [1.165, 1.54) is 59.8 Å². The topological polar surface area (TPSA) is 346 Å². The van der Waals surface area contributed by atoms with E-state index in [1.54, 1.807) is 0 Å². The van der Waals surface area contributed by atoms with Crippen LogP contribution in [-0.4, -0.2) is 128 Å². The number of carbonyl (C=O) groups is 6. The highest BCUT2D eigenvalue weighted by Gasteiger charge is 2.54. The Morgan fingerprint density at radius 3 is 2.59 bits per heavy atom. The molecule has 0 radical (unpaired) electrons. The number of hydrogen-bond donors (Lipinski definition) is 11. The summed E-state index contributed by atoms with van der Waals surface area (Å²) in [5.41, 5.74) is 12.0. The second-order valence-electron chi connectivity index (χ2n) is 12.6. The van der Waals surface area contributed by atoms with Crippen LogP contribution in [0.5, 0.6) is 11.5 Å². The van der Waals surface area contributed by atoms with E-state index in [1.807, 2.05) is 0 Å². The number of thioether (sulfide) groups is 2. The molecule has 0 bridgehead atoms. The number of thiazole rings is 1. The lowest BCUT2D eigenvalue weighted by Crippen LogP contribution is -2.71. The molecule has 306 valence electrons. The molecule has 6 rings (SSSR count). The molecule has 6 amide bonds. The number of amides is 6. The zero-order valence-corrected chi connectivity index (χ0v) is 32.3. The first-order chi connectivity index (χ1) is 27.5. The summed E-state index contributed by atoms with van der Waals surface area (Å²) in [7, 11) is 0. The molecular formula is C31H32N12O12S3. The summed E-state index contributed by atoms with van der Waals surface area (Å²) in [6.07, 6.45) is 2.76. The lowest BCUT2D eigenvalue weighted by atomic mass is 10.0. The number of phenolic OH excluding ortho intramolecular Hbond substituents is 2. The number of aliphatic hydroxyl groups excluding tert-OH is 1. The van der Waals surface area contributed by atoms with Gasteiger partial charge in [-0.2, -0.15) is 0 Å². The van der Waals surface area contributed by atoms with Gasteiger partial charge in [0.15, 0.2) is 28.2 Å². The van der Waals surface area contributed by atoms with E-state index in [4.69, 9.17) is 15.8 Å². The predicted octanol–water partition coefficient (Wildman–Crippen LogP) is -1.21. The minimum Gasteiger partial charge on any atom is -0.504 e. The number of aromatic hydroxyl groups is 2. The molecule has 1 aromatic carbocycles. The number of oxime groups is 1. The number of aromatic nitrogens is 1. The molecule has 4 aliphatic rings. The number of aliphatic hydroxyl groups is 1. The molecule has 5 heterocycles. The molecule has 27 heteroatoms. The molecule has 2 aromatic rings. The van der Waals surface area contributed by atoms with Crippen LogP contribution < -0.4 is 32.9 Å². The Balaban J connectivity index is 1.13. The summed E-state index contributed by atoms with van der Waals surface area (Å²) in [5, 5.41) is 57.7. The van der Waals surface area contributed by atoms with Gasteiger partial charge in [0.25, 0.3) is 23.6 Å². The van der Waals surface area contributed by atoms with E-state index in [0.29, 0.717) is 10.6 Å². The minimum atomic E-state index is -1.84. The van der Waals surface area contributed by atoms with Gasteiger partial charge in [-0.05, 0) is 43.7 Å². The van der Waals surface area contributed by atoms with Crippen LogP contribution in [0.4, 0.5) is 9.93 Å². The molecule has 1 aromatic heterocycles. The number of hydrazine groups is 3. The smallest absolute Gasteiger partial charge is 0.361 e. The van der Waals surface area contributed by atoms with Crippen LogP contribution in [0.25, 0.3) is 0 Å². The fraction of sp³-hybridized carbons (Fsp3) is 0.258. The van der Waals surface area contributed by atoms with Crippen LogP contribution in [0.1, 0.15) is 29.9 Å². The van der Waals surface area contributed by atoms with Crippen molar-refractivity contribution in [1.29, 1.82) is 0 Å². The maximum Gasteiger partial charge on any atom is 0.361 e. The first-order valence-corrected chi connectivity index (χ1v) is 19.3. The third-order valence-electron chi connectivity index (χ3n) is 8.28. The Hall–Kier alpha value is -6.39. The average Bonchev–Trinajstić information content (AvgIpc) is 3.84. The van der Waals surface area contributed by atoms with E-state index in [-0.39, 0.29) is 45.1 Å². The number of benzene rings is 1. The van der Waals surface area contributed by atoms with Gasteiger partial charge in [0, 0.05) is 22.4 Å². The lowest BCUT2D eigenvalue weighted by Gasteiger charge is -2.49. The molecule has 2 atom stereocenters. The normalized spacial score (nSPS) is 18.9. The standard InChI is InChI=1S/C31H32N12O12S3/c1-31(2,28(52)37-36-23(47)12-3-4-16(45)17(46)5-12)55-39-20(15-11-58-29(32)34-15)24(48)35-21-25(49)42-22(27(50)51)13(10-57-26(21)42)9-56-19-6-14(8-44)33-18-7-41(30(53)38-54)40-43(18)19/h3-7,11,21,26,40,44-46,54H,8-10H2,1-2H3,(H2,32,34)(H,35,48)(H,36,47)(H,37,52)(H,38,53)(H,50,51)/t21-,26-/m1/s1. The molecule has 0 unspecified atom stereocenters. The second-order valence-corrected chi connectivity index (χ2v) is 15.6. The van der Waals surface area contributed by atoms with Crippen LogP contribution >= 0.6 is 34.9 Å². The quantitative estimate of drug-likeness (QED) is 0.0392. The number of phenols is 2. The van der Waals surface area contributed by atoms with E-state index in [2.05, 4.69) is 36.8 Å². The second kappa shape index (κ2) is 16.6. The number of carbonyl (C=O) groups excluding carboxylic acids is 5. The molecular weight excluding hydrogens is 829 g/mol. The van der Waals surface area contributed by atoms with Crippen LogP contribution in [-0.2, 0) is 24.0 Å². The highest BCUT2D eigenvalue weighted by Crippen LogP contribution is 2.42. The van der Waals surface area contributed by atoms with Crippen molar-refractivity contribution in [1.82, 2.24) is 47.1 Å². The molecule has 1 saturated heterocycles. The van der Waals surface area contributed by atoms with Crippen molar-refractivity contribution in [2.75, 3.05) is 23.8 Å². The number of carboxylic acid groups (broad SMARTS) is 1. The molecule has 0 spiro atoms. The summed E-state index contributed by atoms with van der Waals surface area (Å²) >= 11 is 3.26. The van der Waals surface area contributed by atoms with Gasteiger partial charge in [0.2, 0.25) is 5.60 Å². The van der Waals surface area contributed by atoms with Crippen molar-refractivity contribution in [2.45, 2.75) is 30.9 Å². The maximum absolute atomic E-state index is 13.7.